The first-order chi connectivity index (χ1) is 18.1. The van der Waals surface area contributed by atoms with E-state index in [4.69, 9.17) is 0 Å². The maximum absolute atomic E-state index is 2.54. The molecule has 0 aromatic heterocycles. The lowest BCUT2D eigenvalue weighted by Crippen LogP contribution is -2.57. The number of aryl methyl sites for hydroxylation is 8. The van der Waals surface area contributed by atoms with Gasteiger partial charge in [-0.15, -0.1) is 4.43 Å². The number of hydrogen-bond donors (Lipinski definition) is 0. The summed E-state index contributed by atoms with van der Waals surface area (Å²) in [4.78, 5) is 0. The van der Waals surface area contributed by atoms with Crippen molar-refractivity contribution in [3.63, 3.8) is 0 Å². The van der Waals surface area contributed by atoms with Crippen LogP contribution in [0.25, 0.3) is 0 Å². The van der Waals surface area contributed by atoms with Gasteiger partial charge in [-0.05, 0) is 88.7 Å². The van der Waals surface area contributed by atoms with Crippen LogP contribution in [0.4, 0.5) is 0 Å². The summed E-state index contributed by atoms with van der Waals surface area (Å²) >= 11 is -1.59. The summed E-state index contributed by atoms with van der Waals surface area (Å²) in [5.41, 5.74) is 15.7. The molecule has 1 unspecified atom stereocenters. The molecule has 0 N–H and O–H groups in total. The highest BCUT2D eigenvalue weighted by Gasteiger charge is 2.54. The summed E-state index contributed by atoms with van der Waals surface area (Å²) < 4.78 is 1.61. The Morgan fingerprint density at radius 2 is 0.868 bits per heavy atom. The number of hydrogen-bond acceptors (Lipinski definition) is 0. The van der Waals surface area contributed by atoms with Gasteiger partial charge in [0, 0.05) is 0 Å². The minimum atomic E-state index is -1.59. The Morgan fingerprint density at radius 3 is 1.29 bits per heavy atom. The Labute approximate surface area is 235 Å². The minimum Gasteiger partial charge on any atom is -0.109 e. The Hall–Kier alpha value is -2.59. The maximum atomic E-state index is 2.54. The van der Waals surface area contributed by atoms with Gasteiger partial charge < -0.3 is 0 Å². The van der Waals surface area contributed by atoms with Crippen LogP contribution >= 0.6 is 0 Å². The van der Waals surface area contributed by atoms with Crippen molar-refractivity contribution in [2.45, 2.75) is 83.7 Å². The van der Waals surface area contributed by atoms with Crippen LogP contribution in [-0.2, 0) is 4.28 Å². The zero-order valence-electron chi connectivity index (χ0n) is 24.7. The van der Waals surface area contributed by atoms with Crippen LogP contribution in [0, 0.1) is 55.4 Å². The van der Waals surface area contributed by atoms with E-state index in [-0.39, 0.29) is 4.28 Å². The van der Waals surface area contributed by atoms with Crippen molar-refractivity contribution in [3.8, 4) is 0 Å². The van der Waals surface area contributed by atoms with Crippen LogP contribution < -0.4 is 4.43 Å². The molecule has 0 spiro atoms. The number of rotatable bonds is 4. The molecule has 1 aliphatic heterocycles. The van der Waals surface area contributed by atoms with Crippen LogP contribution in [0.3, 0.4) is 0 Å². The predicted molar refractivity (Wildman–Crippen MR) is 167 cm³/mol. The Morgan fingerprint density at radius 1 is 0.500 bits per heavy atom. The Balaban J connectivity index is 1.94. The smallest absolute Gasteiger partial charge is 0.109 e. The van der Waals surface area contributed by atoms with Gasteiger partial charge in [-0.3, -0.25) is 0 Å². The molecule has 4 aromatic rings. The molecular formula is C37H43Al. The Bertz CT molecular complexity index is 1300. The largest absolute Gasteiger partial charge is 0.325 e. The van der Waals surface area contributed by atoms with E-state index in [0.29, 0.717) is 5.92 Å². The van der Waals surface area contributed by atoms with Crippen molar-refractivity contribution in [2.24, 2.45) is 0 Å². The first-order valence-electron chi connectivity index (χ1n) is 14.4. The normalized spacial score (nSPS) is 17.1. The predicted octanol–water partition coefficient (Wildman–Crippen LogP) is 8.96. The van der Waals surface area contributed by atoms with Gasteiger partial charge in [0.25, 0.3) is 0 Å². The van der Waals surface area contributed by atoms with Gasteiger partial charge in [-0.25, -0.2) is 0 Å². The van der Waals surface area contributed by atoms with Gasteiger partial charge in [0.2, 0.25) is 0 Å². The molecule has 0 aliphatic carbocycles. The van der Waals surface area contributed by atoms with Crippen molar-refractivity contribution in [1.82, 2.24) is 0 Å². The summed E-state index contributed by atoms with van der Waals surface area (Å²) in [7, 11) is 0. The highest BCUT2D eigenvalue weighted by Crippen LogP contribution is 2.53. The van der Waals surface area contributed by atoms with E-state index in [1.165, 1.54) is 68.2 Å². The fraction of sp³-hybridized carbons (Fsp3) is 0.351. The molecule has 0 amide bonds. The summed E-state index contributed by atoms with van der Waals surface area (Å²) in [6.07, 6.45) is 2.54. The molecule has 38 heavy (non-hydrogen) atoms. The second kappa shape index (κ2) is 10.5. The van der Waals surface area contributed by atoms with Crippen LogP contribution in [0.15, 0.2) is 72.8 Å². The summed E-state index contributed by atoms with van der Waals surface area (Å²) in [5.74, 6) is 0.453. The molecule has 1 heteroatoms. The average molecular weight is 515 g/mol. The molecule has 4 aromatic carbocycles. The highest BCUT2D eigenvalue weighted by atomic mass is 27.2. The van der Waals surface area contributed by atoms with E-state index < -0.39 is 14.1 Å². The molecule has 1 fully saturated rings. The zero-order valence-corrected chi connectivity index (χ0v) is 25.9. The van der Waals surface area contributed by atoms with E-state index in [1.807, 2.05) is 0 Å². The van der Waals surface area contributed by atoms with Crippen molar-refractivity contribution in [2.75, 3.05) is 0 Å². The molecule has 0 saturated carbocycles. The van der Waals surface area contributed by atoms with Gasteiger partial charge in [-0.2, -0.15) is 0 Å². The van der Waals surface area contributed by atoms with Gasteiger partial charge in [0.15, 0.2) is 0 Å². The first kappa shape index (κ1) is 27.0. The fourth-order valence-electron chi connectivity index (χ4n) is 7.90. The van der Waals surface area contributed by atoms with E-state index >= 15 is 0 Å². The number of benzene rings is 4. The molecule has 0 bridgehead atoms. The second-order valence-corrected chi connectivity index (χ2v) is 15.8. The SMILES string of the molecule is Cc1cc(C)cc(C2CC[CH2][Al]([c]3cc(C)cc(C)c3)[C]2(c2cc(C)cc(C)c2)c2cc(C)cc(C)c2)c1. The van der Waals surface area contributed by atoms with Crippen LogP contribution in [-0.4, -0.2) is 14.1 Å². The van der Waals surface area contributed by atoms with Crippen molar-refractivity contribution >= 4 is 18.6 Å². The van der Waals surface area contributed by atoms with E-state index in [0.717, 1.165) is 0 Å². The topological polar surface area (TPSA) is 0 Å². The standard InChI is InChI=1S/C29H34.C8H9.Al/c1-8-9-28(25-13-19(2)10-20(3)14-25)29(26-15-21(4)11-22(5)16-26)27-17-23(6)12-24(7)18-27;1-7-4-3-5-8(2)6-7;/h10-18,28H,1,8-9H2,2-7H3;4-6H,1-2H3;. The quantitative estimate of drug-likeness (QED) is 0.238. The van der Waals surface area contributed by atoms with E-state index in [2.05, 4.69) is 128 Å². The third-order valence-electron chi connectivity index (χ3n) is 8.78. The van der Waals surface area contributed by atoms with E-state index in [9.17, 15) is 0 Å². The van der Waals surface area contributed by atoms with Gasteiger partial charge in [0.1, 0.15) is 0 Å². The first-order valence-corrected chi connectivity index (χ1v) is 16.4. The van der Waals surface area contributed by atoms with Crippen LogP contribution in [0.2, 0.25) is 5.28 Å². The fourth-order valence-corrected chi connectivity index (χ4v) is 12.8. The average Bonchev–Trinajstić information content (AvgIpc) is 2.81. The van der Waals surface area contributed by atoms with Gasteiger partial charge in [0.05, 0.1) is 0 Å². The van der Waals surface area contributed by atoms with Crippen LogP contribution in [0.1, 0.15) is 80.0 Å². The van der Waals surface area contributed by atoms with Crippen molar-refractivity contribution < 1.29 is 0 Å². The Kier molecular flexibility index (Phi) is 7.48. The maximum Gasteiger partial charge on any atom is 0.325 e. The van der Waals surface area contributed by atoms with Crippen LogP contribution in [0.5, 0.6) is 0 Å². The van der Waals surface area contributed by atoms with E-state index in [1.54, 1.807) is 15.6 Å². The molecule has 194 valence electrons. The lowest BCUT2D eigenvalue weighted by molar-refractivity contribution is 0.465. The monoisotopic (exact) mass is 514 g/mol. The summed E-state index contributed by atoms with van der Waals surface area (Å²) in [6, 6.07) is 29.6. The third-order valence-corrected chi connectivity index (χ3v) is 13.1. The molecular weight excluding hydrogens is 471 g/mol. The lowest BCUT2D eigenvalue weighted by atomic mass is 9.72. The molecule has 5 rings (SSSR count). The molecule has 1 saturated heterocycles. The molecule has 1 aliphatic rings. The third kappa shape index (κ3) is 5.05. The van der Waals surface area contributed by atoms with Gasteiger partial charge >= 0.3 is 14.1 Å². The van der Waals surface area contributed by atoms with Gasteiger partial charge in [-0.1, -0.05) is 129 Å². The minimum absolute atomic E-state index is 0.0216. The lowest BCUT2D eigenvalue weighted by Gasteiger charge is -2.50. The van der Waals surface area contributed by atoms with Crippen molar-refractivity contribution in [3.05, 3.63) is 134 Å². The highest BCUT2D eigenvalue weighted by molar-refractivity contribution is 6.77. The zero-order chi connectivity index (χ0) is 27.2. The molecule has 0 radical (unpaired) electrons. The second-order valence-electron chi connectivity index (χ2n) is 12.5. The molecule has 1 atom stereocenters. The molecule has 0 nitrogen and oxygen atoms in total. The molecule has 1 heterocycles. The van der Waals surface area contributed by atoms with Crippen molar-refractivity contribution in [1.29, 1.82) is 0 Å². The summed E-state index contributed by atoms with van der Waals surface area (Å²) in [5, 5.41) is 1.34. The summed E-state index contributed by atoms with van der Waals surface area (Å²) in [6.45, 7) is 18.2.